The summed E-state index contributed by atoms with van der Waals surface area (Å²) in [4.78, 5) is 26.9. The van der Waals surface area contributed by atoms with Crippen LogP contribution in [-0.2, 0) is 14.3 Å². The van der Waals surface area contributed by atoms with Crippen molar-refractivity contribution in [2.45, 2.75) is 58.0 Å². The monoisotopic (exact) mass is 517 g/mol. The molecule has 1 aliphatic carbocycles. The predicted molar refractivity (Wildman–Crippen MR) is 136 cm³/mol. The van der Waals surface area contributed by atoms with Crippen LogP contribution in [0, 0.1) is 0 Å². The van der Waals surface area contributed by atoms with Crippen LogP contribution in [0.5, 0.6) is 0 Å². The van der Waals surface area contributed by atoms with Gasteiger partial charge in [0.25, 0.3) is 0 Å². The summed E-state index contributed by atoms with van der Waals surface area (Å²) in [5.41, 5.74) is 4.30. The molecule has 178 valence electrons. The largest absolute Gasteiger partial charge is 0.459 e. The Bertz CT molecular complexity index is 1200. The Morgan fingerprint density at radius 2 is 1.74 bits per heavy atom. The van der Waals surface area contributed by atoms with E-state index in [1.54, 1.807) is 12.1 Å². The van der Waals surface area contributed by atoms with Gasteiger partial charge in [-0.05, 0) is 68.0 Å². The van der Waals surface area contributed by atoms with Gasteiger partial charge in [0.2, 0.25) is 0 Å². The number of benzene rings is 2. The number of carbonyl (C=O) groups is 2. The Morgan fingerprint density at radius 1 is 1.06 bits per heavy atom. The summed E-state index contributed by atoms with van der Waals surface area (Å²) in [6.45, 7) is 5.65. The van der Waals surface area contributed by atoms with Crippen LogP contribution in [0.1, 0.15) is 63.0 Å². The third kappa shape index (κ3) is 4.91. The van der Waals surface area contributed by atoms with Gasteiger partial charge in [0.05, 0.1) is 21.7 Å². The number of dihydropyridines is 1. The summed E-state index contributed by atoms with van der Waals surface area (Å²) in [5.74, 6) is -1.01. The lowest BCUT2D eigenvalue weighted by atomic mass is 9.71. The lowest BCUT2D eigenvalue weighted by molar-refractivity contribution is -0.144. The molecule has 1 N–H and O–H groups in total. The Kier molecular flexibility index (Phi) is 7.42. The minimum Gasteiger partial charge on any atom is -0.459 e. The molecule has 34 heavy (non-hydrogen) atoms. The molecule has 1 heterocycles. The van der Waals surface area contributed by atoms with Crippen molar-refractivity contribution < 1.29 is 14.3 Å². The van der Waals surface area contributed by atoms with E-state index in [9.17, 15) is 9.59 Å². The van der Waals surface area contributed by atoms with Crippen molar-refractivity contribution in [3.8, 4) is 0 Å². The predicted octanol–water partition coefficient (Wildman–Crippen LogP) is 7.35. The maximum absolute atomic E-state index is 13.6. The maximum Gasteiger partial charge on any atom is 0.337 e. The molecule has 7 heteroatoms. The highest BCUT2D eigenvalue weighted by molar-refractivity contribution is 6.42. The first-order valence-corrected chi connectivity index (χ1v) is 12.5. The van der Waals surface area contributed by atoms with Crippen molar-refractivity contribution in [2.75, 3.05) is 0 Å². The molecule has 0 aromatic heterocycles. The summed E-state index contributed by atoms with van der Waals surface area (Å²) < 4.78 is 5.69. The van der Waals surface area contributed by atoms with E-state index in [-0.39, 0.29) is 17.8 Å². The summed E-state index contributed by atoms with van der Waals surface area (Å²) in [6.07, 6.45) is 1.44. The van der Waals surface area contributed by atoms with Gasteiger partial charge < -0.3 is 10.1 Å². The summed E-state index contributed by atoms with van der Waals surface area (Å²) >= 11 is 18.6. The van der Waals surface area contributed by atoms with Crippen molar-refractivity contribution in [1.82, 2.24) is 5.32 Å². The van der Waals surface area contributed by atoms with Crippen LogP contribution in [0.4, 0.5) is 0 Å². The zero-order chi connectivity index (χ0) is 24.6. The third-order valence-electron chi connectivity index (χ3n) is 6.55. The molecule has 2 aromatic rings. The Morgan fingerprint density at radius 3 is 2.38 bits per heavy atom. The molecule has 2 aliphatic rings. The van der Waals surface area contributed by atoms with Crippen molar-refractivity contribution >= 4 is 46.6 Å². The lowest BCUT2D eigenvalue weighted by Crippen LogP contribution is -2.36. The van der Waals surface area contributed by atoms with Crippen LogP contribution in [-0.4, -0.2) is 17.9 Å². The van der Waals surface area contributed by atoms with Gasteiger partial charge in [-0.25, -0.2) is 4.79 Å². The quantitative estimate of drug-likeness (QED) is 0.420. The number of hydrogen-bond acceptors (Lipinski definition) is 4. The molecular formula is C27H26Cl3NO3. The second-order valence-electron chi connectivity index (χ2n) is 8.87. The summed E-state index contributed by atoms with van der Waals surface area (Å²) in [6, 6.07) is 12.8. The average molecular weight is 519 g/mol. The minimum absolute atomic E-state index is 0.00823. The SMILES string of the molecule is CC[C@@H](C)OC(=O)C1=C(C)NC2=C(C(=O)C[C@H](c3ccc(Cl)cc3)C2)[C@H]1c1ccc(Cl)c(Cl)c1. The number of carbonyl (C=O) groups excluding carboxylic acids is 2. The first kappa shape index (κ1) is 24.8. The summed E-state index contributed by atoms with van der Waals surface area (Å²) in [7, 11) is 0. The molecule has 3 atom stereocenters. The van der Waals surface area contributed by atoms with E-state index in [1.807, 2.05) is 51.1 Å². The fourth-order valence-electron chi connectivity index (χ4n) is 4.64. The van der Waals surface area contributed by atoms with E-state index in [0.717, 1.165) is 16.8 Å². The van der Waals surface area contributed by atoms with E-state index in [1.165, 1.54) is 0 Å². The van der Waals surface area contributed by atoms with Gasteiger partial charge in [-0.3, -0.25) is 4.79 Å². The van der Waals surface area contributed by atoms with Crippen LogP contribution in [0.15, 0.2) is 65.0 Å². The number of nitrogens with one attached hydrogen (secondary N) is 1. The van der Waals surface area contributed by atoms with Gasteiger partial charge in [-0.15, -0.1) is 0 Å². The molecule has 0 unspecified atom stereocenters. The first-order chi connectivity index (χ1) is 16.2. The molecule has 0 amide bonds. The van der Waals surface area contributed by atoms with Crippen molar-refractivity contribution in [1.29, 1.82) is 0 Å². The number of halogens is 3. The van der Waals surface area contributed by atoms with Crippen LogP contribution < -0.4 is 5.32 Å². The van der Waals surface area contributed by atoms with E-state index in [2.05, 4.69) is 5.32 Å². The zero-order valence-electron chi connectivity index (χ0n) is 19.3. The normalized spacial score (nSPS) is 21.2. The molecule has 4 rings (SSSR count). The lowest BCUT2D eigenvalue weighted by Gasteiger charge is -2.37. The van der Waals surface area contributed by atoms with E-state index in [0.29, 0.717) is 51.2 Å². The molecule has 0 fully saturated rings. The Balaban J connectivity index is 1.79. The Labute approximate surface area is 214 Å². The molecule has 1 aliphatic heterocycles. The van der Waals surface area contributed by atoms with Crippen LogP contribution in [0.25, 0.3) is 0 Å². The highest BCUT2D eigenvalue weighted by Crippen LogP contribution is 2.46. The second kappa shape index (κ2) is 10.2. The number of esters is 1. The second-order valence-corrected chi connectivity index (χ2v) is 10.1. The summed E-state index contributed by atoms with van der Waals surface area (Å²) in [5, 5.41) is 4.80. The van der Waals surface area contributed by atoms with Crippen molar-refractivity contribution in [2.24, 2.45) is 0 Å². The van der Waals surface area contributed by atoms with Crippen molar-refractivity contribution in [3.63, 3.8) is 0 Å². The molecule has 0 spiro atoms. The van der Waals surface area contributed by atoms with Gasteiger partial charge in [0.15, 0.2) is 5.78 Å². The van der Waals surface area contributed by atoms with Gasteiger partial charge in [0, 0.05) is 34.3 Å². The number of rotatable bonds is 5. The van der Waals surface area contributed by atoms with Gasteiger partial charge >= 0.3 is 5.97 Å². The van der Waals surface area contributed by atoms with Crippen LogP contribution in [0.3, 0.4) is 0 Å². The average Bonchev–Trinajstić information content (AvgIpc) is 2.80. The van der Waals surface area contributed by atoms with Crippen LogP contribution in [0.2, 0.25) is 15.1 Å². The van der Waals surface area contributed by atoms with E-state index < -0.39 is 11.9 Å². The smallest absolute Gasteiger partial charge is 0.337 e. The molecule has 0 radical (unpaired) electrons. The van der Waals surface area contributed by atoms with E-state index in [4.69, 9.17) is 39.5 Å². The molecular weight excluding hydrogens is 493 g/mol. The standard InChI is InChI=1S/C27H26Cl3NO3/c1-4-14(2)34-27(33)24-15(3)31-22-12-18(16-5-8-19(28)9-6-16)13-23(32)26(22)25(24)17-7-10-20(29)21(30)11-17/h5-11,14,18,25,31H,4,12-13H2,1-3H3/t14-,18-,25+/m1/s1. The Hall–Kier alpha value is -2.27. The molecule has 0 saturated heterocycles. The molecule has 0 bridgehead atoms. The maximum atomic E-state index is 13.6. The number of hydrogen-bond donors (Lipinski definition) is 1. The van der Waals surface area contributed by atoms with Gasteiger partial charge in [0.1, 0.15) is 0 Å². The van der Waals surface area contributed by atoms with Gasteiger partial charge in [-0.2, -0.15) is 0 Å². The number of Topliss-reactive ketones (excluding diaryl/α,β-unsaturated/α-hetero) is 1. The molecule has 0 saturated carbocycles. The van der Waals surface area contributed by atoms with Crippen molar-refractivity contribution in [3.05, 3.63) is 91.2 Å². The third-order valence-corrected chi connectivity index (χ3v) is 7.54. The molecule has 2 aromatic carbocycles. The number of ether oxygens (including phenoxy) is 1. The van der Waals surface area contributed by atoms with Crippen LogP contribution >= 0.6 is 34.8 Å². The molecule has 4 nitrogen and oxygen atoms in total. The highest BCUT2D eigenvalue weighted by Gasteiger charge is 2.41. The first-order valence-electron chi connectivity index (χ1n) is 11.3. The topological polar surface area (TPSA) is 55.4 Å². The zero-order valence-corrected chi connectivity index (χ0v) is 21.5. The minimum atomic E-state index is -0.582. The highest BCUT2D eigenvalue weighted by atomic mass is 35.5. The van der Waals surface area contributed by atoms with Gasteiger partial charge in [-0.1, -0.05) is 59.9 Å². The fourth-order valence-corrected chi connectivity index (χ4v) is 5.07. The number of ketones is 1. The number of allylic oxidation sites excluding steroid dienone is 3. The fraction of sp³-hybridized carbons (Fsp3) is 0.333. The van der Waals surface area contributed by atoms with E-state index >= 15 is 0 Å².